The Morgan fingerprint density at radius 1 is 0.917 bits per heavy atom. The maximum absolute atomic E-state index is 13.7. The molecule has 2 aliphatic heterocycles. The van der Waals surface area contributed by atoms with Crippen molar-refractivity contribution in [2.45, 2.75) is 6.54 Å². The molecule has 3 aromatic carbocycles. The van der Waals surface area contributed by atoms with Crippen molar-refractivity contribution in [3.8, 4) is 16.9 Å². The van der Waals surface area contributed by atoms with Gasteiger partial charge < -0.3 is 4.90 Å². The first kappa shape index (κ1) is 21.9. The molecule has 6 nitrogen and oxygen atoms in total. The molecule has 6 rings (SSSR count). The van der Waals surface area contributed by atoms with Crippen LogP contribution in [0, 0.1) is 0 Å². The van der Waals surface area contributed by atoms with Gasteiger partial charge in [0.15, 0.2) is 5.84 Å². The van der Waals surface area contributed by atoms with Gasteiger partial charge in [-0.3, -0.25) is 4.79 Å². The lowest BCUT2D eigenvalue weighted by Crippen LogP contribution is -2.24. The molecule has 0 radical (unpaired) electrons. The van der Waals surface area contributed by atoms with Crippen LogP contribution in [0.3, 0.4) is 0 Å². The van der Waals surface area contributed by atoms with Crippen molar-refractivity contribution in [3.05, 3.63) is 131 Å². The molecule has 0 saturated heterocycles. The Morgan fingerprint density at radius 2 is 1.69 bits per heavy atom. The van der Waals surface area contributed by atoms with E-state index < -0.39 is 5.91 Å². The van der Waals surface area contributed by atoms with E-state index in [1.54, 1.807) is 23.0 Å². The summed E-state index contributed by atoms with van der Waals surface area (Å²) in [6.45, 7) is 0.644. The zero-order valence-electron chi connectivity index (χ0n) is 19.1. The van der Waals surface area contributed by atoms with Gasteiger partial charge in [0, 0.05) is 35.1 Å². The number of halogens is 1. The number of hydrogen-bond acceptors (Lipinski definition) is 3. The summed E-state index contributed by atoms with van der Waals surface area (Å²) in [6, 6.07) is 24.8. The number of hydrogen-bond donors (Lipinski definition) is 0. The predicted octanol–water partition coefficient (Wildman–Crippen LogP) is 6.08. The van der Waals surface area contributed by atoms with Crippen molar-refractivity contribution in [2.75, 3.05) is 0 Å². The topological polar surface area (TPSA) is 62.9 Å². The van der Waals surface area contributed by atoms with Crippen LogP contribution < -0.4 is 0 Å². The Hall–Kier alpha value is -4.55. The van der Waals surface area contributed by atoms with Crippen LogP contribution in [-0.4, -0.2) is 32.3 Å². The first-order valence-corrected chi connectivity index (χ1v) is 11.9. The van der Waals surface area contributed by atoms with Gasteiger partial charge in [0.1, 0.15) is 11.5 Å². The molecule has 2 aliphatic rings. The van der Waals surface area contributed by atoms with Gasteiger partial charge in [0.2, 0.25) is 0 Å². The molecule has 1 aromatic heterocycles. The summed E-state index contributed by atoms with van der Waals surface area (Å²) in [5.41, 5.74) is 4.40. The molecule has 7 heteroatoms. The summed E-state index contributed by atoms with van der Waals surface area (Å²) in [7, 11) is 0. The van der Waals surface area contributed by atoms with Crippen LogP contribution in [-0.2, 0) is 6.54 Å². The number of aliphatic imine (C=N–C) groups is 2. The van der Waals surface area contributed by atoms with Crippen LogP contribution in [0.4, 0.5) is 0 Å². The molecule has 174 valence electrons. The number of carbonyl (C=O) groups is 1. The van der Waals surface area contributed by atoms with E-state index in [4.69, 9.17) is 21.7 Å². The van der Waals surface area contributed by atoms with Crippen molar-refractivity contribution in [3.63, 3.8) is 0 Å². The first-order valence-electron chi connectivity index (χ1n) is 11.5. The number of para-hydroxylation sites is 1. The normalized spacial score (nSPS) is 15.3. The summed E-state index contributed by atoms with van der Waals surface area (Å²) < 4.78 is 1.70. The van der Waals surface area contributed by atoms with Crippen molar-refractivity contribution in [2.24, 2.45) is 9.98 Å². The third-order valence-corrected chi connectivity index (χ3v) is 6.28. The maximum Gasteiger partial charge on any atom is 0.282 e. The van der Waals surface area contributed by atoms with Gasteiger partial charge in [-0.25, -0.2) is 9.67 Å². The summed E-state index contributed by atoms with van der Waals surface area (Å²) in [6.07, 6.45) is 9.50. The fraction of sp³-hybridized carbons (Fsp3) is 0.0345. The molecule has 36 heavy (non-hydrogen) atoms. The fourth-order valence-corrected chi connectivity index (χ4v) is 4.36. The second-order valence-corrected chi connectivity index (χ2v) is 8.81. The lowest BCUT2D eigenvalue weighted by atomic mass is 10.1. The first-order chi connectivity index (χ1) is 17.7. The Bertz CT molecular complexity index is 1580. The SMILES string of the molecule is O=C(N=C1N=C2C=CC=CN2Cc2ccccc21)c1cn(-c2ccccc2)nc1-c1ccc(Cl)cc1. The van der Waals surface area contributed by atoms with E-state index in [1.807, 2.05) is 96.1 Å². The molecule has 0 bridgehead atoms. The standard InChI is InChI=1S/C29H20ClN5O/c30-22-15-13-20(14-16-22)27-25(19-35(33-27)23-9-2-1-3-10-23)29(36)32-28-24-11-5-4-8-21(24)18-34-17-7-6-12-26(34)31-28/h1-17,19H,18H2. The van der Waals surface area contributed by atoms with Crippen molar-refractivity contribution in [1.29, 1.82) is 0 Å². The number of aromatic nitrogens is 2. The molecule has 4 aromatic rings. The smallest absolute Gasteiger partial charge is 0.282 e. The molecule has 0 atom stereocenters. The van der Waals surface area contributed by atoms with E-state index >= 15 is 0 Å². The Kier molecular flexibility index (Phi) is 5.64. The molecular weight excluding hydrogens is 470 g/mol. The van der Waals surface area contributed by atoms with Crippen LogP contribution in [0.25, 0.3) is 16.9 Å². The summed E-state index contributed by atoms with van der Waals surface area (Å²) in [5.74, 6) is 0.695. The van der Waals surface area contributed by atoms with Crippen LogP contribution in [0.15, 0.2) is 119 Å². The maximum atomic E-state index is 13.7. The van der Waals surface area contributed by atoms with E-state index in [2.05, 4.69) is 4.99 Å². The molecule has 0 fully saturated rings. The molecule has 0 aliphatic carbocycles. The molecule has 0 saturated carbocycles. The Balaban J connectivity index is 1.49. The van der Waals surface area contributed by atoms with Crippen molar-refractivity contribution in [1.82, 2.24) is 14.7 Å². The monoisotopic (exact) mass is 489 g/mol. The minimum Gasteiger partial charge on any atom is -0.329 e. The molecule has 0 unspecified atom stereocenters. The van der Waals surface area contributed by atoms with Gasteiger partial charge in [-0.15, -0.1) is 0 Å². The third kappa shape index (κ3) is 4.19. The Morgan fingerprint density at radius 3 is 2.53 bits per heavy atom. The van der Waals surface area contributed by atoms with Crippen molar-refractivity contribution >= 4 is 29.2 Å². The third-order valence-electron chi connectivity index (χ3n) is 6.03. The zero-order valence-corrected chi connectivity index (χ0v) is 19.9. The van der Waals surface area contributed by atoms with Gasteiger partial charge in [0.05, 0.1) is 11.3 Å². The molecule has 3 heterocycles. The van der Waals surface area contributed by atoms with Gasteiger partial charge in [-0.1, -0.05) is 72.3 Å². The second-order valence-electron chi connectivity index (χ2n) is 8.37. The number of amides is 1. The van der Waals surface area contributed by atoms with Crippen LogP contribution in [0.2, 0.25) is 5.02 Å². The number of rotatable bonds is 3. The highest BCUT2D eigenvalue weighted by molar-refractivity contribution is 6.30. The van der Waals surface area contributed by atoms with Gasteiger partial charge in [-0.05, 0) is 42.0 Å². The van der Waals surface area contributed by atoms with Gasteiger partial charge in [0.25, 0.3) is 5.91 Å². The lowest BCUT2D eigenvalue weighted by molar-refractivity contribution is 0.100. The highest BCUT2D eigenvalue weighted by atomic mass is 35.5. The van der Waals surface area contributed by atoms with Gasteiger partial charge in [-0.2, -0.15) is 10.1 Å². The average Bonchev–Trinajstić information content (AvgIpc) is 3.30. The number of nitrogens with zero attached hydrogens (tertiary/aromatic N) is 5. The van der Waals surface area contributed by atoms with Crippen LogP contribution >= 0.6 is 11.6 Å². The van der Waals surface area contributed by atoms with Crippen LogP contribution in [0.1, 0.15) is 21.5 Å². The number of carbonyl (C=O) groups excluding carboxylic acids is 1. The van der Waals surface area contributed by atoms with E-state index in [9.17, 15) is 4.79 Å². The zero-order chi connectivity index (χ0) is 24.5. The minimum atomic E-state index is -0.417. The fourth-order valence-electron chi connectivity index (χ4n) is 4.24. The summed E-state index contributed by atoms with van der Waals surface area (Å²) >= 11 is 6.11. The van der Waals surface area contributed by atoms with Gasteiger partial charge >= 0.3 is 0 Å². The van der Waals surface area contributed by atoms with E-state index in [-0.39, 0.29) is 0 Å². The van der Waals surface area contributed by atoms with Crippen LogP contribution in [0.5, 0.6) is 0 Å². The Labute approximate surface area is 213 Å². The molecule has 1 amide bonds. The quantitative estimate of drug-likeness (QED) is 0.350. The second kappa shape index (κ2) is 9.24. The predicted molar refractivity (Wildman–Crippen MR) is 143 cm³/mol. The summed E-state index contributed by atoms with van der Waals surface area (Å²) in [4.78, 5) is 25.1. The van der Waals surface area contributed by atoms with E-state index in [0.717, 1.165) is 28.2 Å². The van der Waals surface area contributed by atoms with E-state index in [0.29, 0.717) is 28.7 Å². The molecule has 0 N–H and O–H groups in total. The number of amidine groups is 2. The van der Waals surface area contributed by atoms with Crippen molar-refractivity contribution < 1.29 is 4.79 Å². The number of fused-ring (bicyclic) bond motifs is 2. The molecule has 0 spiro atoms. The molecular formula is C29H20ClN5O. The lowest BCUT2D eigenvalue weighted by Gasteiger charge is -2.20. The number of benzene rings is 3. The van der Waals surface area contributed by atoms with E-state index in [1.165, 1.54) is 0 Å². The number of allylic oxidation sites excluding steroid dienone is 2. The highest BCUT2D eigenvalue weighted by Gasteiger charge is 2.23. The average molecular weight is 490 g/mol. The largest absolute Gasteiger partial charge is 0.329 e. The summed E-state index contributed by atoms with van der Waals surface area (Å²) in [5, 5.41) is 5.35. The highest BCUT2D eigenvalue weighted by Crippen LogP contribution is 2.27. The minimum absolute atomic E-state index is 0.377.